The van der Waals surface area contributed by atoms with Crippen LogP contribution < -0.4 is 0 Å². The highest BCUT2D eigenvalue weighted by Gasteiger charge is 1.98. The Kier molecular flexibility index (Phi) is 3.89. The van der Waals surface area contributed by atoms with Gasteiger partial charge in [0.25, 0.3) is 0 Å². The van der Waals surface area contributed by atoms with Gasteiger partial charge in [-0.25, -0.2) is 0 Å². The molecule has 0 fully saturated rings. The number of carbonyl (C=O) groups excluding carboxylic acids is 1. The molecule has 0 unspecified atom stereocenters. The van der Waals surface area contributed by atoms with Crippen molar-refractivity contribution in [1.82, 2.24) is 4.90 Å². The molecule has 0 aromatic carbocycles. The Balaban J connectivity index is 2.64. The van der Waals surface area contributed by atoms with Crippen molar-refractivity contribution in [2.75, 3.05) is 14.1 Å². The van der Waals surface area contributed by atoms with E-state index in [0.29, 0.717) is 0 Å². The Morgan fingerprint density at radius 1 is 1.50 bits per heavy atom. The van der Waals surface area contributed by atoms with Crippen LogP contribution in [0.3, 0.4) is 0 Å². The molecule has 1 rings (SSSR count). The van der Waals surface area contributed by atoms with Crippen molar-refractivity contribution in [2.24, 2.45) is 0 Å². The molecule has 1 aromatic heterocycles. The summed E-state index contributed by atoms with van der Waals surface area (Å²) in [5, 5.41) is 0. The lowest BCUT2D eigenvalue weighted by molar-refractivity contribution is -0.123. The third kappa shape index (κ3) is 3.00. The lowest BCUT2D eigenvalue weighted by Gasteiger charge is -2.04. The number of rotatable bonds is 3. The molecule has 0 aliphatic heterocycles. The fourth-order valence-corrected chi connectivity index (χ4v) is 1.83. The Bertz CT molecular complexity index is 339. The predicted molar refractivity (Wildman–Crippen MR) is 61.4 cm³/mol. The summed E-state index contributed by atoms with van der Waals surface area (Å²) in [7, 11) is 3.50. The minimum atomic E-state index is 0.0245. The van der Waals surface area contributed by atoms with E-state index in [-0.39, 0.29) is 5.91 Å². The van der Waals surface area contributed by atoms with Crippen molar-refractivity contribution in [1.29, 1.82) is 0 Å². The van der Waals surface area contributed by atoms with Crippen LogP contribution in [0.2, 0.25) is 0 Å². The van der Waals surface area contributed by atoms with Crippen LogP contribution in [0.15, 0.2) is 18.2 Å². The van der Waals surface area contributed by atoms with Crippen LogP contribution in [-0.2, 0) is 11.2 Å². The number of aryl methyl sites for hydroxylation is 1. The van der Waals surface area contributed by atoms with Gasteiger partial charge in [0.05, 0.1) is 0 Å². The number of carbonyl (C=O) groups is 1. The molecule has 1 amide bonds. The SMILES string of the molecule is CCc1ccc(/C=C/C(=O)N(C)C)s1. The molecule has 2 nitrogen and oxygen atoms in total. The largest absolute Gasteiger partial charge is 0.345 e. The highest BCUT2D eigenvalue weighted by molar-refractivity contribution is 7.12. The van der Waals surface area contributed by atoms with E-state index in [1.165, 1.54) is 4.88 Å². The van der Waals surface area contributed by atoms with Crippen molar-refractivity contribution in [3.63, 3.8) is 0 Å². The Morgan fingerprint density at radius 3 is 2.71 bits per heavy atom. The molecule has 0 aliphatic carbocycles. The Hall–Kier alpha value is -1.09. The highest BCUT2D eigenvalue weighted by Crippen LogP contribution is 2.18. The van der Waals surface area contributed by atoms with E-state index < -0.39 is 0 Å². The molecule has 0 radical (unpaired) electrons. The standard InChI is InChI=1S/C11H15NOS/c1-4-9-5-6-10(14-9)7-8-11(13)12(2)3/h5-8H,4H2,1-3H3/b8-7+. The molecule has 76 valence electrons. The molecule has 0 aliphatic rings. The van der Waals surface area contributed by atoms with Gasteiger partial charge in [-0.1, -0.05) is 6.92 Å². The zero-order chi connectivity index (χ0) is 10.6. The zero-order valence-electron chi connectivity index (χ0n) is 8.78. The van der Waals surface area contributed by atoms with E-state index in [1.54, 1.807) is 36.4 Å². The van der Waals surface area contributed by atoms with Gasteiger partial charge in [-0.3, -0.25) is 4.79 Å². The lowest BCUT2D eigenvalue weighted by Crippen LogP contribution is -2.18. The first-order chi connectivity index (χ1) is 6.63. The second kappa shape index (κ2) is 4.96. The van der Waals surface area contributed by atoms with Crippen LogP contribution in [-0.4, -0.2) is 24.9 Å². The first-order valence-corrected chi connectivity index (χ1v) is 5.43. The molecule has 0 atom stereocenters. The fraction of sp³-hybridized carbons (Fsp3) is 0.364. The maximum atomic E-state index is 11.2. The fourth-order valence-electron chi connectivity index (χ4n) is 0.977. The zero-order valence-corrected chi connectivity index (χ0v) is 9.60. The van der Waals surface area contributed by atoms with E-state index in [0.717, 1.165) is 11.3 Å². The molecule has 0 saturated heterocycles. The molecule has 3 heteroatoms. The molecule has 1 heterocycles. The summed E-state index contributed by atoms with van der Waals surface area (Å²) >= 11 is 1.73. The van der Waals surface area contributed by atoms with Crippen LogP contribution in [0.1, 0.15) is 16.7 Å². The van der Waals surface area contributed by atoms with E-state index in [4.69, 9.17) is 0 Å². The maximum Gasteiger partial charge on any atom is 0.246 e. The van der Waals surface area contributed by atoms with Gasteiger partial charge in [0, 0.05) is 29.9 Å². The van der Waals surface area contributed by atoms with Crippen molar-refractivity contribution in [2.45, 2.75) is 13.3 Å². The quantitative estimate of drug-likeness (QED) is 0.700. The molecule has 0 bridgehead atoms. The molecule has 0 N–H and O–H groups in total. The predicted octanol–water partition coefficient (Wildman–Crippen LogP) is 2.41. The van der Waals surface area contributed by atoms with Crippen LogP contribution in [0.5, 0.6) is 0 Å². The molecule has 0 spiro atoms. The third-order valence-corrected chi connectivity index (χ3v) is 3.06. The molecular weight excluding hydrogens is 194 g/mol. The van der Waals surface area contributed by atoms with E-state index in [1.807, 2.05) is 12.1 Å². The van der Waals surface area contributed by atoms with Crippen molar-refractivity contribution in [3.05, 3.63) is 28.0 Å². The number of nitrogens with zero attached hydrogens (tertiary/aromatic N) is 1. The van der Waals surface area contributed by atoms with Gasteiger partial charge in [0.15, 0.2) is 0 Å². The number of hydrogen-bond donors (Lipinski definition) is 0. The Morgan fingerprint density at radius 2 is 2.21 bits per heavy atom. The van der Waals surface area contributed by atoms with Gasteiger partial charge < -0.3 is 4.90 Å². The average Bonchev–Trinajstić information content (AvgIpc) is 2.61. The van der Waals surface area contributed by atoms with Gasteiger partial charge in [-0.15, -0.1) is 11.3 Å². The normalized spacial score (nSPS) is 10.8. The molecule has 14 heavy (non-hydrogen) atoms. The first kappa shape index (κ1) is 11.0. The van der Waals surface area contributed by atoms with E-state index in [9.17, 15) is 4.79 Å². The molecule has 1 aromatic rings. The van der Waals surface area contributed by atoms with Crippen molar-refractivity contribution in [3.8, 4) is 0 Å². The number of likely N-dealkylation sites (N-methyl/N-ethyl adjacent to an activating group) is 1. The number of thiophene rings is 1. The lowest BCUT2D eigenvalue weighted by atomic mass is 10.3. The summed E-state index contributed by atoms with van der Waals surface area (Å²) in [4.78, 5) is 15.3. The van der Waals surface area contributed by atoms with Crippen molar-refractivity contribution < 1.29 is 4.79 Å². The van der Waals surface area contributed by atoms with Gasteiger partial charge in [-0.2, -0.15) is 0 Å². The van der Waals surface area contributed by atoms with Crippen LogP contribution in [0.4, 0.5) is 0 Å². The van der Waals surface area contributed by atoms with Crippen molar-refractivity contribution >= 4 is 23.3 Å². The summed E-state index contributed by atoms with van der Waals surface area (Å²) in [6, 6.07) is 4.15. The second-order valence-corrected chi connectivity index (χ2v) is 4.42. The monoisotopic (exact) mass is 209 g/mol. The van der Waals surface area contributed by atoms with Gasteiger partial charge in [-0.05, 0) is 24.6 Å². The summed E-state index contributed by atoms with van der Waals surface area (Å²) in [6.07, 6.45) is 4.53. The summed E-state index contributed by atoms with van der Waals surface area (Å²) in [5.41, 5.74) is 0. The topological polar surface area (TPSA) is 20.3 Å². The van der Waals surface area contributed by atoms with Gasteiger partial charge in [0.2, 0.25) is 5.91 Å². The maximum absolute atomic E-state index is 11.2. The van der Waals surface area contributed by atoms with Gasteiger partial charge in [0.1, 0.15) is 0 Å². The second-order valence-electron chi connectivity index (χ2n) is 3.22. The van der Waals surface area contributed by atoms with Gasteiger partial charge >= 0.3 is 0 Å². The number of amides is 1. The van der Waals surface area contributed by atoms with Crippen LogP contribution in [0.25, 0.3) is 6.08 Å². The smallest absolute Gasteiger partial charge is 0.246 e. The summed E-state index contributed by atoms with van der Waals surface area (Å²) < 4.78 is 0. The highest BCUT2D eigenvalue weighted by atomic mass is 32.1. The number of hydrogen-bond acceptors (Lipinski definition) is 2. The van der Waals surface area contributed by atoms with E-state index in [2.05, 4.69) is 13.0 Å². The van der Waals surface area contributed by atoms with Crippen LogP contribution >= 0.6 is 11.3 Å². The van der Waals surface area contributed by atoms with Crippen LogP contribution in [0, 0.1) is 0 Å². The molecule has 0 saturated carbocycles. The minimum Gasteiger partial charge on any atom is -0.345 e. The molecular formula is C11H15NOS. The minimum absolute atomic E-state index is 0.0245. The average molecular weight is 209 g/mol. The van der Waals surface area contributed by atoms with E-state index >= 15 is 0 Å². The summed E-state index contributed by atoms with van der Waals surface area (Å²) in [6.45, 7) is 2.13. The summed E-state index contributed by atoms with van der Waals surface area (Å²) in [5.74, 6) is 0.0245. The Labute approximate surface area is 88.9 Å². The first-order valence-electron chi connectivity index (χ1n) is 4.61. The third-order valence-electron chi connectivity index (χ3n) is 1.86.